The maximum atomic E-state index is 9.35. The van der Waals surface area contributed by atoms with Crippen molar-refractivity contribution in [2.75, 3.05) is 0 Å². The SMILES string of the molecule is CCC(O)(O)c1ccccc1.O=C(O)O.c1ccccc1. The summed E-state index contributed by atoms with van der Waals surface area (Å²) in [5.41, 5.74) is 0.544. The molecule has 0 aliphatic rings. The van der Waals surface area contributed by atoms with E-state index in [1.807, 2.05) is 42.5 Å². The monoisotopic (exact) mass is 292 g/mol. The lowest BCUT2D eigenvalue weighted by Crippen LogP contribution is -2.23. The molecule has 5 heteroatoms. The molecule has 114 valence electrons. The Morgan fingerprint density at radius 2 is 1.14 bits per heavy atom. The Hall–Kier alpha value is -2.37. The Morgan fingerprint density at radius 1 is 0.857 bits per heavy atom. The van der Waals surface area contributed by atoms with Crippen LogP contribution in [0.5, 0.6) is 0 Å². The first-order chi connectivity index (χ1) is 9.90. The van der Waals surface area contributed by atoms with Gasteiger partial charge in [-0.25, -0.2) is 4.79 Å². The lowest BCUT2D eigenvalue weighted by Gasteiger charge is -2.19. The van der Waals surface area contributed by atoms with Crippen molar-refractivity contribution < 1.29 is 25.2 Å². The van der Waals surface area contributed by atoms with E-state index in [0.717, 1.165) is 0 Å². The second-order valence-corrected chi connectivity index (χ2v) is 3.97. The first kappa shape index (κ1) is 18.6. The minimum Gasteiger partial charge on any atom is -0.450 e. The average molecular weight is 292 g/mol. The second-order valence-electron chi connectivity index (χ2n) is 3.97. The van der Waals surface area contributed by atoms with Gasteiger partial charge in [-0.2, -0.15) is 0 Å². The molecule has 0 radical (unpaired) electrons. The van der Waals surface area contributed by atoms with E-state index in [9.17, 15) is 10.2 Å². The van der Waals surface area contributed by atoms with Gasteiger partial charge in [0.05, 0.1) is 0 Å². The highest BCUT2D eigenvalue weighted by Crippen LogP contribution is 2.20. The van der Waals surface area contributed by atoms with Crippen molar-refractivity contribution in [3.8, 4) is 0 Å². The molecule has 0 aliphatic heterocycles. The summed E-state index contributed by atoms with van der Waals surface area (Å²) in [6, 6.07) is 20.8. The molecule has 0 unspecified atom stereocenters. The summed E-state index contributed by atoms with van der Waals surface area (Å²) in [7, 11) is 0. The number of hydrogen-bond donors (Lipinski definition) is 4. The number of aliphatic hydroxyl groups is 2. The number of rotatable bonds is 2. The van der Waals surface area contributed by atoms with E-state index in [1.165, 1.54) is 0 Å². The van der Waals surface area contributed by atoms with E-state index in [0.29, 0.717) is 12.0 Å². The van der Waals surface area contributed by atoms with Gasteiger partial charge in [0.1, 0.15) is 0 Å². The molecule has 0 saturated heterocycles. The molecule has 0 aliphatic carbocycles. The summed E-state index contributed by atoms with van der Waals surface area (Å²) < 4.78 is 0. The van der Waals surface area contributed by atoms with Crippen molar-refractivity contribution in [3.63, 3.8) is 0 Å². The van der Waals surface area contributed by atoms with Crippen LogP contribution in [0.25, 0.3) is 0 Å². The molecule has 0 amide bonds. The Labute approximate surface area is 123 Å². The minimum atomic E-state index is -1.83. The molecular weight excluding hydrogens is 272 g/mol. The fourth-order valence-electron chi connectivity index (χ4n) is 1.29. The standard InChI is InChI=1S/C9H12O2.C6H6.CH2O3/c1-2-9(10,11)8-6-4-3-5-7-8;1-2-4-6-5-3-1;2-1(3)4/h3-7,10-11H,2H2,1H3;1-6H;(H2,2,3,4). The molecule has 0 atom stereocenters. The predicted octanol–water partition coefficient (Wildman–Crippen LogP) is 3.14. The van der Waals surface area contributed by atoms with Crippen molar-refractivity contribution >= 4 is 6.16 Å². The van der Waals surface area contributed by atoms with Gasteiger partial charge < -0.3 is 20.4 Å². The van der Waals surface area contributed by atoms with Crippen LogP contribution in [0.3, 0.4) is 0 Å². The molecule has 2 aromatic carbocycles. The quantitative estimate of drug-likeness (QED) is 0.637. The fourth-order valence-corrected chi connectivity index (χ4v) is 1.29. The topological polar surface area (TPSA) is 98.0 Å². The Morgan fingerprint density at radius 3 is 1.43 bits per heavy atom. The first-order valence-electron chi connectivity index (χ1n) is 6.32. The van der Waals surface area contributed by atoms with Crippen LogP contribution in [0.2, 0.25) is 0 Å². The normalized spacial score (nSPS) is 9.48. The molecule has 0 heterocycles. The predicted molar refractivity (Wildman–Crippen MR) is 79.9 cm³/mol. The zero-order chi connectivity index (χ0) is 16.1. The molecule has 4 N–H and O–H groups in total. The second kappa shape index (κ2) is 10.4. The van der Waals surface area contributed by atoms with Crippen LogP contribution < -0.4 is 0 Å². The Bertz CT molecular complexity index is 452. The van der Waals surface area contributed by atoms with E-state index in [-0.39, 0.29) is 0 Å². The highest BCUT2D eigenvalue weighted by atomic mass is 16.6. The zero-order valence-electron chi connectivity index (χ0n) is 11.8. The summed E-state index contributed by atoms with van der Waals surface area (Å²) in [6.45, 7) is 1.73. The first-order valence-corrected chi connectivity index (χ1v) is 6.32. The van der Waals surface area contributed by atoms with Crippen molar-refractivity contribution in [2.45, 2.75) is 19.1 Å². The Kier molecular flexibility index (Phi) is 9.25. The molecule has 2 rings (SSSR count). The molecule has 21 heavy (non-hydrogen) atoms. The van der Waals surface area contributed by atoms with Gasteiger partial charge in [-0.05, 0) is 0 Å². The highest BCUT2D eigenvalue weighted by Gasteiger charge is 2.21. The number of benzene rings is 2. The summed E-state index contributed by atoms with van der Waals surface area (Å²) in [4.78, 5) is 8.56. The fraction of sp³-hybridized carbons (Fsp3) is 0.188. The van der Waals surface area contributed by atoms with Crippen LogP contribution in [0.1, 0.15) is 18.9 Å². The maximum absolute atomic E-state index is 9.35. The van der Waals surface area contributed by atoms with Gasteiger partial charge in [-0.1, -0.05) is 73.7 Å². The summed E-state index contributed by atoms with van der Waals surface area (Å²) in [6.07, 6.45) is -1.53. The lowest BCUT2D eigenvalue weighted by molar-refractivity contribution is -0.171. The van der Waals surface area contributed by atoms with Gasteiger partial charge in [0.15, 0.2) is 5.79 Å². The average Bonchev–Trinajstić information content (AvgIpc) is 2.50. The summed E-state index contributed by atoms with van der Waals surface area (Å²) in [5.74, 6) is -1.67. The maximum Gasteiger partial charge on any atom is 0.503 e. The highest BCUT2D eigenvalue weighted by molar-refractivity contribution is 5.53. The molecular formula is C16H20O5. The largest absolute Gasteiger partial charge is 0.503 e. The number of hydrogen-bond acceptors (Lipinski definition) is 3. The van der Waals surface area contributed by atoms with Crippen molar-refractivity contribution in [1.29, 1.82) is 0 Å². The smallest absolute Gasteiger partial charge is 0.450 e. The van der Waals surface area contributed by atoms with Crippen molar-refractivity contribution in [3.05, 3.63) is 72.3 Å². The van der Waals surface area contributed by atoms with Crippen LogP contribution in [0.15, 0.2) is 66.7 Å². The van der Waals surface area contributed by atoms with Crippen LogP contribution in [0, 0.1) is 0 Å². The molecule has 0 bridgehead atoms. The lowest BCUT2D eigenvalue weighted by atomic mass is 10.0. The molecule has 0 spiro atoms. The third-order valence-corrected chi connectivity index (χ3v) is 2.40. The van der Waals surface area contributed by atoms with Crippen LogP contribution in [0.4, 0.5) is 4.79 Å². The van der Waals surface area contributed by atoms with Gasteiger partial charge in [0.25, 0.3) is 0 Å². The van der Waals surface area contributed by atoms with Gasteiger partial charge >= 0.3 is 6.16 Å². The zero-order valence-corrected chi connectivity index (χ0v) is 11.8. The van der Waals surface area contributed by atoms with Crippen molar-refractivity contribution in [2.24, 2.45) is 0 Å². The third kappa shape index (κ3) is 10.1. The molecule has 2 aromatic rings. The van der Waals surface area contributed by atoms with E-state index < -0.39 is 11.9 Å². The molecule has 5 nitrogen and oxygen atoms in total. The molecule has 0 fully saturated rings. The van der Waals surface area contributed by atoms with Gasteiger partial charge in [-0.3, -0.25) is 0 Å². The third-order valence-electron chi connectivity index (χ3n) is 2.40. The van der Waals surface area contributed by atoms with E-state index in [4.69, 9.17) is 15.0 Å². The van der Waals surface area contributed by atoms with Gasteiger partial charge in [0.2, 0.25) is 0 Å². The van der Waals surface area contributed by atoms with Crippen LogP contribution in [-0.4, -0.2) is 26.6 Å². The van der Waals surface area contributed by atoms with E-state index in [1.54, 1.807) is 31.2 Å². The summed E-state index contributed by atoms with van der Waals surface area (Å²) >= 11 is 0. The molecule has 0 aromatic heterocycles. The number of carbonyl (C=O) groups is 1. The van der Waals surface area contributed by atoms with E-state index in [2.05, 4.69) is 0 Å². The summed E-state index contributed by atoms with van der Waals surface area (Å²) in [5, 5.41) is 32.6. The van der Waals surface area contributed by atoms with Crippen molar-refractivity contribution in [1.82, 2.24) is 0 Å². The molecule has 0 saturated carbocycles. The van der Waals surface area contributed by atoms with E-state index >= 15 is 0 Å². The minimum absolute atomic E-state index is 0.303. The van der Waals surface area contributed by atoms with Crippen LogP contribution >= 0.6 is 0 Å². The Balaban J connectivity index is 0.000000335. The van der Waals surface area contributed by atoms with Gasteiger partial charge in [0, 0.05) is 12.0 Å². The van der Waals surface area contributed by atoms with Crippen LogP contribution in [-0.2, 0) is 5.79 Å². The van der Waals surface area contributed by atoms with Gasteiger partial charge in [-0.15, -0.1) is 0 Å². The number of carboxylic acid groups (broad SMARTS) is 2.